The minimum Gasteiger partial charge on any atom is -0.495 e. The smallest absolute Gasteiger partial charge is 0.271 e. The molecule has 0 spiro atoms. The second kappa shape index (κ2) is 6.53. The topological polar surface area (TPSA) is 107 Å². The number of methoxy groups -OCH3 is 1. The first kappa shape index (κ1) is 15.2. The van der Waals surface area contributed by atoms with Gasteiger partial charge in [-0.15, -0.1) is 0 Å². The van der Waals surface area contributed by atoms with Crippen LogP contribution in [0.15, 0.2) is 18.2 Å². The Morgan fingerprint density at radius 3 is 2.62 bits per heavy atom. The molecule has 1 aromatic rings. The molecule has 21 heavy (non-hydrogen) atoms. The molecule has 0 bridgehead atoms. The second-order valence-corrected chi connectivity index (χ2v) is 5.24. The van der Waals surface area contributed by atoms with E-state index in [4.69, 9.17) is 10.5 Å². The fraction of sp³-hybridized carbons (Fsp3) is 0.500. The lowest BCUT2D eigenvalue weighted by atomic mass is 9.86. The van der Waals surface area contributed by atoms with Gasteiger partial charge in [-0.05, 0) is 31.7 Å². The third-order valence-corrected chi connectivity index (χ3v) is 3.79. The number of non-ortho nitro benzene ring substituents is 1. The number of nitrogens with two attached hydrogens (primary N) is 1. The van der Waals surface area contributed by atoms with E-state index in [0.29, 0.717) is 11.4 Å². The van der Waals surface area contributed by atoms with Crippen molar-refractivity contribution in [1.29, 1.82) is 0 Å². The molecule has 3 N–H and O–H groups in total. The predicted octanol–water partition coefficient (Wildman–Crippen LogP) is 2.06. The van der Waals surface area contributed by atoms with Crippen molar-refractivity contribution in [2.24, 2.45) is 11.7 Å². The Balaban J connectivity index is 2.12. The van der Waals surface area contributed by atoms with Crippen LogP contribution in [-0.4, -0.2) is 24.0 Å². The first-order chi connectivity index (χ1) is 10.0. The van der Waals surface area contributed by atoms with Gasteiger partial charge in [0.25, 0.3) is 5.69 Å². The molecule has 1 aliphatic rings. The molecule has 0 atom stereocenters. The predicted molar refractivity (Wildman–Crippen MR) is 78.2 cm³/mol. The molecule has 1 aromatic carbocycles. The van der Waals surface area contributed by atoms with E-state index in [2.05, 4.69) is 5.32 Å². The molecule has 114 valence electrons. The van der Waals surface area contributed by atoms with E-state index in [0.717, 1.165) is 25.7 Å². The van der Waals surface area contributed by atoms with E-state index in [-0.39, 0.29) is 23.6 Å². The van der Waals surface area contributed by atoms with E-state index in [1.54, 1.807) is 0 Å². The van der Waals surface area contributed by atoms with Crippen molar-refractivity contribution in [2.75, 3.05) is 12.4 Å². The van der Waals surface area contributed by atoms with Crippen LogP contribution in [0.2, 0.25) is 0 Å². The van der Waals surface area contributed by atoms with Crippen LogP contribution in [0.25, 0.3) is 0 Å². The largest absolute Gasteiger partial charge is 0.495 e. The highest BCUT2D eigenvalue weighted by atomic mass is 16.6. The molecule has 7 heteroatoms. The van der Waals surface area contributed by atoms with Crippen LogP contribution in [-0.2, 0) is 4.79 Å². The first-order valence-electron chi connectivity index (χ1n) is 6.90. The number of benzene rings is 1. The summed E-state index contributed by atoms with van der Waals surface area (Å²) in [7, 11) is 1.45. The number of nitro groups is 1. The van der Waals surface area contributed by atoms with Crippen molar-refractivity contribution in [3.8, 4) is 5.75 Å². The standard InChI is InChI=1S/C14H19N3O4/c1-21-13-7-6-11(17(19)20)8-12(13)16-14(18)9-2-4-10(15)5-3-9/h6-10H,2-5,15H2,1H3,(H,16,18). The monoisotopic (exact) mass is 293 g/mol. The number of hydrogen-bond donors (Lipinski definition) is 2. The van der Waals surface area contributed by atoms with E-state index >= 15 is 0 Å². The normalized spacial score (nSPS) is 21.6. The van der Waals surface area contributed by atoms with E-state index < -0.39 is 4.92 Å². The molecule has 0 heterocycles. The van der Waals surface area contributed by atoms with E-state index in [1.807, 2.05) is 0 Å². The van der Waals surface area contributed by atoms with E-state index in [1.165, 1.54) is 25.3 Å². The maximum absolute atomic E-state index is 12.2. The zero-order chi connectivity index (χ0) is 15.4. The Morgan fingerprint density at radius 1 is 1.38 bits per heavy atom. The highest BCUT2D eigenvalue weighted by molar-refractivity contribution is 5.94. The fourth-order valence-electron chi connectivity index (χ4n) is 2.52. The number of nitro benzene ring substituents is 1. The molecule has 0 unspecified atom stereocenters. The number of rotatable bonds is 4. The van der Waals surface area contributed by atoms with Gasteiger partial charge in [0.1, 0.15) is 5.75 Å². The number of carbonyl (C=O) groups is 1. The molecule has 1 saturated carbocycles. The molecular formula is C14H19N3O4. The van der Waals surface area contributed by atoms with Gasteiger partial charge >= 0.3 is 0 Å². The zero-order valence-electron chi connectivity index (χ0n) is 11.9. The van der Waals surface area contributed by atoms with Crippen LogP contribution in [0, 0.1) is 16.0 Å². The van der Waals surface area contributed by atoms with Crippen LogP contribution in [0.5, 0.6) is 5.75 Å². The molecular weight excluding hydrogens is 274 g/mol. The number of ether oxygens (including phenoxy) is 1. The van der Waals surface area contributed by atoms with Crippen LogP contribution < -0.4 is 15.8 Å². The van der Waals surface area contributed by atoms with Gasteiger partial charge in [-0.1, -0.05) is 0 Å². The van der Waals surface area contributed by atoms with Gasteiger partial charge in [-0.25, -0.2) is 0 Å². The number of hydrogen-bond acceptors (Lipinski definition) is 5. The Kier molecular flexibility index (Phi) is 4.74. The third-order valence-electron chi connectivity index (χ3n) is 3.79. The highest BCUT2D eigenvalue weighted by Gasteiger charge is 2.25. The van der Waals surface area contributed by atoms with Crippen molar-refractivity contribution >= 4 is 17.3 Å². The van der Waals surface area contributed by atoms with Crippen LogP contribution in [0.3, 0.4) is 0 Å². The summed E-state index contributed by atoms with van der Waals surface area (Å²) in [6, 6.07) is 4.30. The second-order valence-electron chi connectivity index (χ2n) is 5.24. The summed E-state index contributed by atoms with van der Waals surface area (Å²) in [5.74, 6) is 0.163. The SMILES string of the molecule is COc1ccc([N+](=O)[O-])cc1NC(=O)C1CCC(N)CC1. The average Bonchev–Trinajstić information content (AvgIpc) is 2.47. The molecule has 1 amide bonds. The maximum Gasteiger partial charge on any atom is 0.271 e. The molecule has 0 saturated heterocycles. The molecule has 1 aliphatic carbocycles. The number of anilines is 1. The summed E-state index contributed by atoms with van der Waals surface area (Å²) >= 11 is 0. The van der Waals surface area contributed by atoms with Gasteiger partial charge < -0.3 is 15.8 Å². The van der Waals surface area contributed by atoms with Crippen molar-refractivity contribution in [2.45, 2.75) is 31.7 Å². The minimum absolute atomic E-state index is 0.0863. The number of carbonyl (C=O) groups excluding carboxylic acids is 1. The lowest BCUT2D eigenvalue weighted by Gasteiger charge is -2.25. The minimum atomic E-state index is -0.505. The third kappa shape index (κ3) is 3.69. The molecule has 0 radical (unpaired) electrons. The summed E-state index contributed by atoms with van der Waals surface area (Å²) in [5, 5.41) is 13.5. The zero-order valence-corrected chi connectivity index (χ0v) is 11.9. The Morgan fingerprint density at radius 2 is 2.05 bits per heavy atom. The Bertz CT molecular complexity index is 539. The Hall–Kier alpha value is -2.15. The maximum atomic E-state index is 12.2. The summed E-state index contributed by atoms with van der Waals surface area (Å²) in [6.45, 7) is 0. The summed E-state index contributed by atoms with van der Waals surface area (Å²) in [4.78, 5) is 22.6. The van der Waals surface area contributed by atoms with Gasteiger partial charge in [-0.3, -0.25) is 14.9 Å². The van der Waals surface area contributed by atoms with Crippen molar-refractivity contribution in [3.05, 3.63) is 28.3 Å². The summed E-state index contributed by atoms with van der Waals surface area (Å²) < 4.78 is 5.13. The summed E-state index contributed by atoms with van der Waals surface area (Å²) in [6.07, 6.45) is 3.13. The first-order valence-corrected chi connectivity index (χ1v) is 6.90. The van der Waals surface area contributed by atoms with Gasteiger partial charge in [0, 0.05) is 24.1 Å². The summed E-state index contributed by atoms with van der Waals surface area (Å²) in [5.41, 5.74) is 6.06. The van der Waals surface area contributed by atoms with E-state index in [9.17, 15) is 14.9 Å². The molecule has 7 nitrogen and oxygen atoms in total. The lowest BCUT2D eigenvalue weighted by molar-refractivity contribution is -0.384. The highest BCUT2D eigenvalue weighted by Crippen LogP contribution is 2.31. The number of nitrogens with zero attached hydrogens (tertiary/aromatic N) is 1. The molecule has 1 fully saturated rings. The van der Waals surface area contributed by atoms with Gasteiger partial charge in [-0.2, -0.15) is 0 Å². The van der Waals surface area contributed by atoms with Crippen LogP contribution >= 0.6 is 0 Å². The van der Waals surface area contributed by atoms with Crippen LogP contribution in [0.1, 0.15) is 25.7 Å². The fourth-order valence-corrected chi connectivity index (χ4v) is 2.52. The Labute approximate surface area is 122 Å². The quantitative estimate of drug-likeness (QED) is 0.652. The molecule has 0 aliphatic heterocycles. The number of amides is 1. The lowest BCUT2D eigenvalue weighted by Crippen LogP contribution is -2.32. The van der Waals surface area contributed by atoms with Gasteiger partial charge in [0.2, 0.25) is 5.91 Å². The van der Waals surface area contributed by atoms with Gasteiger partial charge in [0.15, 0.2) is 0 Å². The molecule has 2 rings (SSSR count). The average molecular weight is 293 g/mol. The van der Waals surface area contributed by atoms with Crippen molar-refractivity contribution in [3.63, 3.8) is 0 Å². The number of nitrogens with one attached hydrogen (secondary N) is 1. The van der Waals surface area contributed by atoms with Crippen molar-refractivity contribution in [1.82, 2.24) is 0 Å². The van der Waals surface area contributed by atoms with Crippen molar-refractivity contribution < 1.29 is 14.5 Å². The molecule has 0 aromatic heterocycles. The van der Waals surface area contributed by atoms with Gasteiger partial charge in [0.05, 0.1) is 17.7 Å². The van der Waals surface area contributed by atoms with Crippen LogP contribution in [0.4, 0.5) is 11.4 Å².